The number of hydrazone groups is 1. The van der Waals surface area contributed by atoms with E-state index in [0.717, 1.165) is 6.07 Å². The van der Waals surface area contributed by atoms with Gasteiger partial charge in [0.25, 0.3) is 0 Å². The molecule has 1 atom stereocenters. The molecule has 120 valence electrons. The second kappa shape index (κ2) is 9.02. The topological polar surface area (TPSA) is 32.7 Å². The first kappa shape index (κ1) is 17.9. The van der Waals surface area contributed by atoms with Crippen molar-refractivity contribution >= 4 is 12.5 Å². The number of hydrogen-bond acceptors (Lipinski definition) is 3. The number of hydrogen-bond donors (Lipinski definition) is 0. The molecular weight excluding hydrogens is 293 g/mol. The minimum absolute atomic E-state index is 0.0415. The lowest BCUT2D eigenvalue weighted by Gasteiger charge is -2.19. The molecule has 0 aromatic heterocycles. The molecule has 0 aliphatic carbocycles. The normalized spacial score (nSPS) is 16.2. The monoisotopic (exact) mass is 312 g/mol. The number of carbonyl (C=O) groups is 1. The van der Waals surface area contributed by atoms with Gasteiger partial charge in [-0.25, -0.2) is 8.78 Å². The second-order valence-corrected chi connectivity index (χ2v) is 4.89. The number of aldehydes is 1. The molecule has 0 saturated carbocycles. The predicted molar refractivity (Wildman–Crippen MR) is 80.4 cm³/mol. The largest absolute Gasteiger partial charge is 0.298 e. The lowest BCUT2D eigenvalue weighted by molar-refractivity contribution is -0.105. The highest BCUT2D eigenvalue weighted by Crippen LogP contribution is 2.27. The van der Waals surface area contributed by atoms with E-state index in [0.29, 0.717) is 36.7 Å². The Hall–Kier alpha value is -2.11. The molecule has 0 saturated heterocycles. The Bertz CT molecular complexity index is 526. The van der Waals surface area contributed by atoms with Crippen molar-refractivity contribution in [3.8, 4) is 0 Å². The Morgan fingerprint density at radius 1 is 1.41 bits per heavy atom. The molecule has 1 aliphatic heterocycles. The molecule has 1 heterocycles. The van der Waals surface area contributed by atoms with E-state index in [2.05, 4.69) is 11.7 Å². The van der Waals surface area contributed by atoms with Gasteiger partial charge in [0.1, 0.15) is 17.9 Å². The zero-order valence-corrected chi connectivity index (χ0v) is 12.4. The number of alkyl halides is 1. The molecule has 22 heavy (non-hydrogen) atoms. The summed E-state index contributed by atoms with van der Waals surface area (Å²) in [4.78, 5) is 9.79. The number of carbonyl (C=O) groups excluding carboxylic acids is 1. The average Bonchev–Trinajstić information content (AvgIpc) is 2.90. The average molecular weight is 312 g/mol. The fourth-order valence-corrected chi connectivity index (χ4v) is 1.98. The summed E-state index contributed by atoms with van der Waals surface area (Å²) in [6, 6.07) is 3.53. The summed E-state index contributed by atoms with van der Waals surface area (Å²) in [5.74, 6) is -1.08. The van der Waals surface area contributed by atoms with Crippen LogP contribution in [0.4, 0.5) is 13.2 Å². The SMILES string of the molecule is C=C(C=O)CCCF.CN1N=CCC1c1cc(F)cc(F)c1. The van der Waals surface area contributed by atoms with Crippen LogP contribution >= 0.6 is 0 Å². The van der Waals surface area contributed by atoms with Gasteiger partial charge in [0.2, 0.25) is 0 Å². The highest BCUT2D eigenvalue weighted by atomic mass is 19.1. The van der Waals surface area contributed by atoms with E-state index in [1.165, 1.54) is 12.1 Å². The van der Waals surface area contributed by atoms with E-state index >= 15 is 0 Å². The molecule has 1 aliphatic rings. The Kier molecular flexibility index (Phi) is 7.36. The zero-order valence-electron chi connectivity index (χ0n) is 12.4. The van der Waals surface area contributed by atoms with E-state index in [1.54, 1.807) is 18.3 Å². The van der Waals surface area contributed by atoms with Crippen molar-refractivity contribution in [2.75, 3.05) is 13.7 Å². The van der Waals surface area contributed by atoms with Crippen LogP contribution in [-0.4, -0.2) is 31.2 Å². The molecule has 0 fully saturated rings. The highest BCUT2D eigenvalue weighted by molar-refractivity contribution is 5.71. The van der Waals surface area contributed by atoms with Crippen LogP contribution in [0.2, 0.25) is 0 Å². The molecule has 1 aromatic rings. The fraction of sp³-hybridized carbons (Fsp3) is 0.375. The van der Waals surface area contributed by atoms with Crippen LogP contribution in [0, 0.1) is 11.6 Å². The Balaban J connectivity index is 0.000000261. The van der Waals surface area contributed by atoms with E-state index in [9.17, 15) is 18.0 Å². The van der Waals surface area contributed by atoms with Gasteiger partial charge in [-0.05, 0) is 36.1 Å². The summed E-state index contributed by atoms with van der Waals surface area (Å²) >= 11 is 0. The molecule has 1 unspecified atom stereocenters. The summed E-state index contributed by atoms with van der Waals surface area (Å²) in [7, 11) is 1.79. The lowest BCUT2D eigenvalue weighted by Crippen LogP contribution is -2.14. The van der Waals surface area contributed by atoms with Crippen molar-refractivity contribution in [3.63, 3.8) is 0 Å². The van der Waals surface area contributed by atoms with Crippen LogP contribution < -0.4 is 0 Å². The fourth-order valence-electron chi connectivity index (χ4n) is 1.98. The summed E-state index contributed by atoms with van der Waals surface area (Å²) < 4.78 is 37.2. The highest BCUT2D eigenvalue weighted by Gasteiger charge is 2.20. The van der Waals surface area contributed by atoms with Gasteiger partial charge in [-0.1, -0.05) is 6.58 Å². The van der Waals surface area contributed by atoms with Crippen LogP contribution in [-0.2, 0) is 4.79 Å². The van der Waals surface area contributed by atoms with Gasteiger partial charge in [-0.2, -0.15) is 5.10 Å². The van der Waals surface area contributed by atoms with E-state index in [1.807, 2.05) is 0 Å². The van der Waals surface area contributed by atoms with Crippen molar-refractivity contribution in [1.29, 1.82) is 0 Å². The summed E-state index contributed by atoms with van der Waals surface area (Å²) in [5.41, 5.74) is 1.10. The molecular formula is C16H19F3N2O. The number of benzene rings is 1. The maximum atomic E-state index is 12.9. The minimum atomic E-state index is -0.541. The zero-order chi connectivity index (χ0) is 16.5. The van der Waals surface area contributed by atoms with Crippen molar-refractivity contribution in [1.82, 2.24) is 5.01 Å². The lowest BCUT2D eigenvalue weighted by atomic mass is 10.0. The number of rotatable bonds is 5. The third-order valence-corrected chi connectivity index (χ3v) is 3.11. The third-order valence-electron chi connectivity index (χ3n) is 3.11. The van der Waals surface area contributed by atoms with Crippen LogP contribution in [0.1, 0.15) is 30.9 Å². The minimum Gasteiger partial charge on any atom is -0.298 e. The van der Waals surface area contributed by atoms with Crippen LogP contribution in [0.3, 0.4) is 0 Å². The van der Waals surface area contributed by atoms with Gasteiger partial charge in [0, 0.05) is 25.7 Å². The molecule has 0 radical (unpaired) electrons. The molecule has 2 rings (SSSR count). The van der Waals surface area contributed by atoms with E-state index in [-0.39, 0.29) is 12.7 Å². The van der Waals surface area contributed by atoms with Gasteiger partial charge in [0.15, 0.2) is 0 Å². The molecule has 0 N–H and O–H groups in total. The van der Waals surface area contributed by atoms with E-state index < -0.39 is 11.6 Å². The number of nitrogens with zero attached hydrogens (tertiary/aromatic N) is 2. The van der Waals surface area contributed by atoms with Gasteiger partial charge in [-0.3, -0.25) is 14.2 Å². The quantitative estimate of drug-likeness (QED) is 0.611. The standard InChI is InChI=1S/C10H10F2N2.C6H9FO/c1-14-10(2-3-13-14)7-4-8(11)6-9(12)5-7;1-6(5-8)3-2-4-7/h3-6,10H,2H2,1H3;5H,1-4H2. The summed E-state index contributed by atoms with van der Waals surface area (Å²) in [6.45, 7) is 3.01. The maximum absolute atomic E-state index is 12.9. The molecule has 0 amide bonds. The van der Waals surface area contributed by atoms with Crippen molar-refractivity contribution in [2.24, 2.45) is 5.10 Å². The van der Waals surface area contributed by atoms with Crippen LogP contribution in [0.5, 0.6) is 0 Å². The second-order valence-electron chi connectivity index (χ2n) is 4.89. The first-order valence-corrected chi connectivity index (χ1v) is 6.88. The Morgan fingerprint density at radius 2 is 2.05 bits per heavy atom. The molecule has 1 aromatic carbocycles. The van der Waals surface area contributed by atoms with Gasteiger partial charge in [-0.15, -0.1) is 0 Å². The third kappa shape index (κ3) is 5.71. The van der Waals surface area contributed by atoms with Gasteiger partial charge in [0.05, 0.1) is 12.7 Å². The summed E-state index contributed by atoms with van der Waals surface area (Å²) in [5, 5.41) is 5.72. The summed E-state index contributed by atoms with van der Waals surface area (Å²) in [6.07, 6.45) is 4.00. The molecule has 0 bridgehead atoms. The van der Waals surface area contributed by atoms with Crippen LogP contribution in [0.15, 0.2) is 35.5 Å². The first-order valence-electron chi connectivity index (χ1n) is 6.88. The molecule has 0 spiro atoms. The first-order chi connectivity index (χ1) is 10.5. The Morgan fingerprint density at radius 3 is 2.50 bits per heavy atom. The predicted octanol–water partition coefficient (Wildman–Crippen LogP) is 3.82. The number of halogens is 3. The number of allylic oxidation sites excluding steroid dienone is 1. The van der Waals surface area contributed by atoms with E-state index in [4.69, 9.17) is 0 Å². The van der Waals surface area contributed by atoms with Gasteiger partial charge >= 0.3 is 0 Å². The molecule has 6 heteroatoms. The van der Waals surface area contributed by atoms with Crippen molar-refractivity contribution in [3.05, 3.63) is 47.5 Å². The smallest absolute Gasteiger partial charge is 0.145 e. The van der Waals surface area contributed by atoms with Crippen molar-refractivity contribution < 1.29 is 18.0 Å². The van der Waals surface area contributed by atoms with Gasteiger partial charge < -0.3 is 0 Å². The molecule has 3 nitrogen and oxygen atoms in total. The maximum Gasteiger partial charge on any atom is 0.145 e. The van der Waals surface area contributed by atoms with Crippen LogP contribution in [0.25, 0.3) is 0 Å². The Labute approximate surface area is 128 Å². The van der Waals surface area contributed by atoms with Crippen molar-refractivity contribution in [2.45, 2.75) is 25.3 Å².